The minimum atomic E-state index is -0.122. The molecule has 3 heterocycles. The summed E-state index contributed by atoms with van der Waals surface area (Å²) in [5, 5.41) is 2.59. The molecule has 1 N–H and O–H groups in total. The smallest absolute Gasteiger partial charge is 0.260 e. The third-order valence-electron chi connectivity index (χ3n) is 3.60. The van der Waals surface area contributed by atoms with Gasteiger partial charge in [-0.05, 0) is 42.2 Å². The van der Waals surface area contributed by atoms with E-state index < -0.39 is 0 Å². The Morgan fingerprint density at radius 1 is 1.17 bits per heavy atom. The van der Waals surface area contributed by atoms with Crippen LogP contribution in [0.5, 0.6) is 0 Å². The quantitative estimate of drug-likeness (QED) is 0.611. The Kier molecular flexibility index (Phi) is 3.59. The van der Waals surface area contributed by atoms with Gasteiger partial charge in [-0.2, -0.15) is 0 Å². The zero-order valence-corrected chi connectivity index (χ0v) is 13.6. The summed E-state index contributed by atoms with van der Waals surface area (Å²) in [4.78, 5) is 24.5. The second-order valence-electron chi connectivity index (χ2n) is 5.33. The van der Waals surface area contributed by atoms with Gasteiger partial charge in [0.1, 0.15) is 22.6 Å². The van der Waals surface area contributed by atoms with Crippen LogP contribution in [0.1, 0.15) is 17.1 Å². The fraction of sp³-hybridized carbons (Fsp3) is 0.0556. The standard InChI is InChI=1S/C18H13N3O2S/c1-11-10-24-18-15(11)16(22)20-14(21-18)8-7-13-9-23-17(19-13)12-5-3-2-4-6-12/h2-10H,1H3,(H,20,21,22)/b8-7+. The van der Waals surface area contributed by atoms with Gasteiger partial charge in [0.25, 0.3) is 5.56 Å². The molecule has 0 saturated heterocycles. The van der Waals surface area contributed by atoms with Crippen LogP contribution in [0.15, 0.2) is 51.2 Å². The molecule has 0 radical (unpaired) electrons. The highest BCUT2D eigenvalue weighted by Crippen LogP contribution is 2.21. The number of thiophene rings is 1. The average Bonchev–Trinajstić information content (AvgIpc) is 3.21. The van der Waals surface area contributed by atoms with E-state index in [1.165, 1.54) is 11.3 Å². The van der Waals surface area contributed by atoms with Crippen LogP contribution in [-0.2, 0) is 0 Å². The van der Waals surface area contributed by atoms with Crippen LogP contribution >= 0.6 is 11.3 Å². The lowest BCUT2D eigenvalue weighted by Crippen LogP contribution is -2.08. The van der Waals surface area contributed by atoms with Crippen molar-refractivity contribution in [1.29, 1.82) is 0 Å². The first kappa shape index (κ1) is 14.6. The van der Waals surface area contributed by atoms with Gasteiger partial charge in [0.05, 0.1) is 5.39 Å². The Bertz CT molecular complexity index is 1090. The van der Waals surface area contributed by atoms with Gasteiger partial charge in [-0.15, -0.1) is 11.3 Å². The summed E-state index contributed by atoms with van der Waals surface area (Å²) in [6.45, 7) is 1.91. The third-order valence-corrected chi connectivity index (χ3v) is 4.59. The molecule has 4 aromatic rings. The molecular weight excluding hydrogens is 322 g/mol. The number of hydrogen-bond acceptors (Lipinski definition) is 5. The lowest BCUT2D eigenvalue weighted by molar-refractivity contribution is 0.574. The predicted molar refractivity (Wildman–Crippen MR) is 95.8 cm³/mol. The first-order valence-electron chi connectivity index (χ1n) is 7.38. The van der Waals surface area contributed by atoms with Gasteiger partial charge in [0.15, 0.2) is 0 Å². The number of nitrogens with one attached hydrogen (secondary N) is 1. The molecule has 3 aromatic heterocycles. The van der Waals surface area contributed by atoms with E-state index in [9.17, 15) is 4.79 Å². The van der Waals surface area contributed by atoms with Crippen LogP contribution in [0.4, 0.5) is 0 Å². The van der Waals surface area contributed by atoms with Gasteiger partial charge >= 0.3 is 0 Å². The van der Waals surface area contributed by atoms with Crippen molar-refractivity contribution in [2.24, 2.45) is 0 Å². The Labute approximate surface area is 141 Å². The highest BCUT2D eigenvalue weighted by Gasteiger charge is 2.08. The van der Waals surface area contributed by atoms with Gasteiger partial charge in [-0.1, -0.05) is 18.2 Å². The number of benzene rings is 1. The van der Waals surface area contributed by atoms with Crippen molar-refractivity contribution in [1.82, 2.24) is 15.0 Å². The molecule has 118 valence electrons. The number of rotatable bonds is 3. The van der Waals surface area contributed by atoms with Gasteiger partial charge in [0.2, 0.25) is 5.89 Å². The molecule has 0 fully saturated rings. The van der Waals surface area contributed by atoms with Crippen molar-refractivity contribution in [2.75, 3.05) is 0 Å². The lowest BCUT2D eigenvalue weighted by atomic mass is 10.2. The van der Waals surface area contributed by atoms with E-state index >= 15 is 0 Å². The molecule has 4 rings (SSSR count). The minimum absolute atomic E-state index is 0.122. The number of fused-ring (bicyclic) bond motifs is 1. The van der Waals surface area contributed by atoms with Gasteiger partial charge in [0, 0.05) is 5.56 Å². The molecule has 0 unspecified atom stereocenters. The number of hydrogen-bond donors (Lipinski definition) is 1. The second kappa shape index (κ2) is 5.90. The fourth-order valence-corrected chi connectivity index (χ4v) is 3.35. The summed E-state index contributed by atoms with van der Waals surface area (Å²) in [6.07, 6.45) is 5.06. The molecule has 0 aliphatic heterocycles. The van der Waals surface area contributed by atoms with Crippen LogP contribution in [0.25, 0.3) is 33.8 Å². The predicted octanol–water partition coefficient (Wildman–Crippen LogP) is 4.12. The second-order valence-corrected chi connectivity index (χ2v) is 6.19. The van der Waals surface area contributed by atoms with E-state index in [4.69, 9.17) is 4.42 Å². The van der Waals surface area contributed by atoms with Crippen LogP contribution < -0.4 is 5.56 Å². The third kappa shape index (κ3) is 2.68. The van der Waals surface area contributed by atoms with E-state index in [0.29, 0.717) is 22.8 Å². The first-order valence-corrected chi connectivity index (χ1v) is 8.26. The van der Waals surface area contributed by atoms with Crippen LogP contribution in [-0.4, -0.2) is 15.0 Å². The Morgan fingerprint density at radius 2 is 2.00 bits per heavy atom. The van der Waals surface area contributed by atoms with E-state index in [-0.39, 0.29) is 5.56 Å². The van der Waals surface area contributed by atoms with Crippen LogP contribution in [0.3, 0.4) is 0 Å². The minimum Gasteiger partial charge on any atom is -0.444 e. The SMILES string of the molecule is Cc1csc2nc(/C=C/c3coc(-c4ccccc4)n3)[nH]c(=O)c12. The monoisotopic (exact) mass is 335 g/mol. The molecule has 0 saturated carbocycles. The summed E-state index contributed by atoms with van der Waals surface area (Å²) < 4.78 is 5.48. The molecule has 0 aliphatic rings. The Hall–Kier alpha value is -2.99. The highest BCUT2D eigenvalue weighted by molar-refractivity contribution is 7.16. The summed E-state index contributed by atoms with van der Waals surface area (Å²) in [5.41, 5.74) is 2.41. The van der Waals surface area contributed by atoms with Crippen molar-refractivity contribution in [3.63, 3.8) is 0 Å². The van der Waals surface area contributed by atoms with E-state index in [1.54, 1.807) is 18.4 Å². The van der Waals surface area contributed by atoms with Crippen molar-refractivity contribution in [2.45, 2.75) is 6.92 Å². The largest absolute Gasteiger partial charge is 0.444 e. The zero-order valence-electron chi connectivity index (χ0n) is 12.8. The zero-order chi connectivity index (χ0) is 16.5. The molecular formula is C18H13N3O2S. The number of aryl methyl sites for hydroxylation is 1. The topological polar surface area (TPSA) is 71.8 Å². The number of aromatic amines is 1. The number of aromatic nitrogens is 3. The summed E-state index contributed by atoms with van der Waals surface area (Å²) in [5.74, 6) is 1.06. The van der Waals surface area contributed by atoms with Gasteiger partial charge in [-0.25, -0.2) is 9.97 Å². The number of H-pyrrole nitrogens is 1. The van der Waals surface area contributed by atoms with Crippen molar-refractivity contribution < 1.29 is 4.42 Å². The highest BCUT2D eigenvalue weighted by atomic mass is 32.1. The average molecular weight is 335 g/mol. The first-order chi connectivity index (χ1) is 11.7. The lowest BCUT2D eigenvalue weighted by Gasteiger charge is -1.94. The molecule has 0 atom stereocenters. The molecule has 24 heavy (non-hydrogen) atoms. The summed E-state index contributed by atoms with van der Waals surface area (Å²) >= 11 is 1.47. The normalized spacial score (nSPS) is 11.5. The van der Waals surface area contributed by atoms with Crippen molar-refractivity contribution >= 4 is 33.7 Å². The summed E-state index contributed by atoms with van der Waals surface area (Å²) in [6, 6.07) is 9.68. The van der Waals surface area contributed by atoms with Crippen LogP contribution in [0, 0.1) is 6.92 Å². The fourth-order valence-electron chi connectivity index (χ4n) is 2.42. The molecule has 0 aliphatic carbocycles. The molecule has 0 bridgehead atoms. The number of oxazole rings is 1. The van der Waals surface area contributed by atoms with E-state index in [1.807, 2.05) is 42.6 Å². The molecule has 5 nitrogen and oxygen atoms in total. The van der Waals surface area contributed by atoms with Crippen molar-refractivity contribution in [3.05, 3.63) is 69.4 Å². The Balaban J connectivity index is 1.64. The molecule has 1 aromatic carbocycles. The maximum atomic E-state index is 12.1. The maximum absolute atomic E-state index is 12.1. The Morgan fingerprint density at radius 3 is 2.83 bits per heavy atom. The van der Waals surface area contributed by atoms with Gasteiger partial charge in [-0.3, -0.25) is 4.79 Å². The van der Waals surface area contributed by atoms with E-state index in [0.717, 1.165) is 16.0 Å². The molecule has 0 spiro atoms. The maximum Gasteiger partial charge on any atom is 0.260 e. The summed E-state index contributed by atoms with van der Waals surface area (Å²) in [7, 11) is 0. The van der Waals surface area contributed by atoms with E-state index in [2.05, 4.69) is 15.0 Å². The number of nitrogens with zero attached hydrogens (tertiary/aromatic N) is 2. The van der Waals surface area contributed by atoms with Crippen molar-refractivity contribution in [3.8, 4) is 11.5 Å². The molecule has 6 heteroatoms. The van der Waals surface area contributed by atoms with Gasteiger partial charge < -0.3 is 9.40 Å². The molecule has 0 amide bonds. The van der Waals surface area contributed by atoms with Crippen LogP contribution in [0.2, 0.25) is 0 Å².